The molecular formula is C20H25N5O5S2. The fraction of sp³-hybridized carbons (Fsp3) is 0.350. The number of aryl methyl sites for hydroxylation is 1. The number of sulfonamides is 1. The van der Waals surface area contributed by atoms with Crippen LogP contribution in [0.2, 0.25) is 0 Å². The van der Waals surface area contributed by atoms with Crippen LogP contribution in [0.15, 0.2) is 47.4 Å². The number of nitro benzene ring substituents is 1. The Kier molecular flexibility index (Phi) is 7.94. The van der Waals surface area contributed by atoms with Crippen LogP contribution in [0.3, 0.4) is 0 Å². The molecule has 1 heterocycles. The molecule has 0 bridgehead atoms. The van der Waals surface area contributed by atoms with E-state index in [-0.39, 0.29) is 23.7 Å². The zero-order valence-electron chi connectivity index (χ0n) is 17.5. The monoisotopic (exact) mass is 479 g/mol. The number of nitro groups is 1. The number of anilines is 2. The smallest absolute Gasteiger partial charge is 0.319 e. The van der Waals surface area contributed by atoms with Crippen LogP contribution in [-0.2, 0) is 10.0 Å². The number of carbonyl (C=O) groups is 1. The van der Waals surface area contributed by atoms with Crippen LogP contribution in [0.25, 0.3) is 0 Å². The fourth-order valence-corrected chi connectivity index (χ4v) is 5.16. The molecule has 1 aliphatic rings. The number of nitrogens with one attached hydrogen (secondary N) is 3. The van der Waals surface area contributed by atoms with Crippen LogP contribution < -0.4 is 20.3 Å². The van der Waals surface area contributed by atoms with Crippen molar-refractivity contribution < 1.29 is 18.1 Å². The van der Waals surface area contributed by atoms with Gasteiger partial charge in [0.1, 0.15) is 0 Å². The lowest BCUT2D eigenvalue weighted by atomic mass is 10.1. The van der Waals surface area contributed by atoms with Crippen molar-refractivity contribution in [3.05, 3.63) is 58.1 Å². The van der Waals surface area contributed by atoms with Gasteiger partial charge in [0.15, 0.2) is 0 Å². The van der Waals surface area contributed by atoms with Gasteiger partial charge in [-0.1, -0.05) is 6.07 Å². The summed E-state index contributed by atoms with van der Waals surface area (Å²) in [6.45, 7) is 3.91. The predicted octanol–water partition coefficient (Wildman–Crippen LogP) is 2.56. The maximum absolute atomic E-state index is 12.3. The van der Waals surface area contributed by atoms with Crippen LogP contribution in [0.4, 0.5) is 21.9 Å². The Labute approximate surface area is 191 Å². The summed E-state index contributed by atoms with van der Waals surface area (Å²) in [7, 11) is -3.93. The topological polar surface area (TPSA) is 134 Å². The highest BCUT2D eigenvalue weighted by Gasteiger charge is 2.17. The Hall–Kier alpha value is -2.83. The van der Waals surface area contributed by atoms with Gasteiger partial charge in [-0.2, -0.15) is 11.8 Å². The lowest BCUT2D eigenvalue weighted by Gasteiger charge is -2.29. The lowest BCUT2D eigenvalue weighted by molar-refractivity contribution is -0.385. The number of rotatable bonds is 8. The van der Waals surface area contributed by atoms with E-state index < -0.39 is 21.0 Å². The molecule has 2 amide bonds. The van der Waals surface area contributed by atoms with Crippen LogP contribution in [0, 0.1) is 17.0 Å². The number of amides is 2. The molecule has 2 aromatic rings. The van der Waals surface area contributed by atoms with Crippen molar-refractivity contribution >= 4 is 44.9 Å². The first-order valence-electron chi connectivity index (χ1n) is 9.98. The molecule has 0 radical (unpaired) electrons. The molecule has 0 saturated carbocycles. The number of nitrogens with zero attached hydrogens (tertiary/aromatic N) is 2. The highest BCUT2D eigenvalue weighted by Crippen LogP contribution is 2.25. The quantitative estimate of drug-likeness (QED) is 0.301. The molecule has 0 atom stereocenters. The normalized spacial score (nSPS) is 14.1. The zero-order chi connectivity index (χ0) is 23.1. The van der Waals surface area contributed by atoms with Crippen molar-refractivity contribution in [2.24, 2.45) is 0 Å². The summed E-state index contributed by atoms with van der Waals surface area (Å²) >= 11 is 1.94. The first-order chi connectivity index (χ1) is 15.3. The third kappa shape index (κ3) is 6.34. The van der Waals surface area contributed by atoms with Gasteiger partial charge in [-0.15, -0.1) is 0 Å². The minimum Gasteiger partial charge on any atom is -0.370 e. The minimum atomic E-state index is -3.93. The molecule has 32 heavy (non-hydrogen) atoms. The van der Waals surface area contributed by atoms with Gasteiger partial charge in [-0.25, -0.2) is 17.9 Å². The highest BCUT2D eigenvalue weighted by atomic mass is 32.2. The standard InChI is InChI=1S/C20H25N5O5S2/c1-15-13-16(24-9-11-31-12-10-24)5-6-19(15)23-20(26)21-7-8-22-32(29,30)18-4-2-3-17(14-18)25(27)28/h2-6,13-14,22H,7-12H2,1H3,(H2,21,23,26). The number of urea groups is 1. The molecular weight excluding hydrogens is 454 g/mol. The third-order valence-corrected chi connectivity index (χ3v) is 7.28. The SMILES string of the molecule is Cc1cc(N2CCSCC2)ccc1NC(=O)NCCNS(=O)(=O)c1cccc([N+](=O)[O-])c1. The lowest BCUT2D eigenvalue weighted by Crippen LogP contribution is -2.37. The number of hydrogen-bond acceptors (Lipinski definition) is 7. The van der Waals surface area contributed by atoms with E-state index in [1.54, 1.807) is 0 Å². The second-order valence-electron chi connectivity index (χ2n) is 7.13. The van der Waals surface area contributed by atoms with Crippen molar-refractivity contribution in [1.82, 2.24) is 10.0 Å². The van der Waals surface area contributed by atoms with E-state index in [0.29, 0.717) is 5.69 Å². The Balaban J connectivity index is 1.48. The molecule has 3 N–H and O–H groups in total. The first kappa shape index (κ1) is 23.8. The molecule has 0 unspecified atom stereocenters. The molecule has 12 heteroatoms. The second-order valence-corrected chi connectivity index (χ2v) is 10.1. The number of carbonyl (C=O) groups excluding carboxylic acids is 1. The van der Waals surface area contributed by atoms with Crippen LogP contribution in [0.1, 0.15) is 5.56 Å². The molecule has 3 rings (SSSR count). The van der Waals surface area contributed by atoms with E-state index in [0.717, 1.165) is 41.9 Å². The van der Waals surface area contributed by atoms with Gasteiger partial charge in [0, 0.05) is 61.2 Å². The van der Waals surface area contributed by atoms with E-state index in [2.05, 4.69) is 20.3 Å². The molecule has 1 fully saturated rings. The number of hydrogen-bond donors (Lipinski definition) is 3. The van der Waals surface area contributed by atoms with Gasteiger partial charge < -0.3 is 15.5 Å². The van der Waals surface area contributed by atoms with Gasteiger partial charge in [0.05, 0.1) is 9.82 Å². The van der Waals surface area contributed by atoms with E-state index in [4.69, 9.17) is 0 Å². The fourth-order valence-electron chi connectivity index (χ4n) is 3.18. The van der Waals surface area contributed by atoms with Gasteiger partial charge in [-0.3, -0.25) is 10.1 Å². The molecule has 1 saturated heterocycles. The van der Waals surface area contributed by atoms with Crippen LogP contribution >= 0.6 is 11.8 Å². The van der Waals surface area contributed by atoms with E-state index in [9.17, 15) is 23.3 Å². The number of benzene rings is 2. The molecule has 0 aromatic heterocycles. The number of non-ortho nitro benzene ring substituents is 1. The second kappa shape index (κ2) is 10.7. The average molecular weight is 480 g/mol. The Bertz CT molecular complexity index is 1090. The largest absolute Gasteiger partial charge is 0.370 e. The minimum absolute atomic E-state index is 0.0442. The van der Waals surface area contributed by atoms with E-state index in [1.807, 2.05) is 36.9 Å². The van der Waals surface area contributed by atoms with Crippen molar-refractivity contribution in [3.63, 3.8) is 0 Å². The van der Waals surface area contributed by atoms with Gasteiger partial charge in [-0.05, 0) is 36.8 Å². The van der Waals surface area contributed by atoms with Crippen molar-refractivity contribution in [2.45, 2.75) is 11.8 Å². The first-order valence-corrected chi connectivity index (χ1v) is 12.6. The highest BCUT2D eigenvalue weighted by molar-refractivity contribution is 7.99. The molecule has 10 nitrogen and oxygen atoms in total. The summed E-state index contributed by atoms with van der Waals surface area (Å²) in [6, 6.07) is 10.2. The third-order valence-electron chi connectivity index (χ3n) is 4.88. The van der Waals surface area contributed by atoms with Crippen molar-refractivity contribution in [2.75, 3.05) is 47.9 Å². The molecule has 2 aromatic carbocycles. The van der Waals surface area contributed by atoms with Gasteiger partial charge >= 0.3 is 6.03 Å². The van der Waals surface area contributed by atoms with E-state index in [1.165, 1.54) is 18.2 Å². The summed E-state index contributed by atoms with van der Waals surface area (Å²) < 4.78 is 26.9. The summed E-state index contributed by atoms with van der Waals surface area (Å²) in [5.74, 6) is 2.21. The maximum Gasteiger partial charge on any atom is 0.319 e. The predicted molar refractivity (Wildman–Crippen MR) is 126 cm³/mol. The Morgan fingerprint density at radius 3 is 2.59 bits per heavy atom. The van der Waals surface area contributed by atoms with Crippen molar-refractivity contribution in [3.8, 4) is 0 Å². The molecule has 1 aliphatic heterocycles. The maximum atomic E-state index is 12.3. The van der Waals surface area contributed by atoms with Gasteiger partial charge in [0.2, 0.25) is 10.0 Å². The molecule has 0 spiro atoms. The number of thioether (sulfide) groups is 1. The Morgan fingerprint density at radius 2 is 1.91 bits per heavy atom. The zero-order valence-corrected chi connectivity index (χ0v) is 19.2. The van der Waals surface area contributed by atoms with Crippen LogP contribution in [-0.4, -0.2) is 57.1 Å². The molecule has 172 valence electrons. The summed E-state index contributed by atoms with van der Waals surface area (Å²) in [5, 5.41) is 16.2. The molecule has 0 aliphatic carbocycles. The van der Waals surface area contributed by atoms with Crippen LogP contribution in [0.5, 0.6) is 0 Å². The van der Waals surface area contributed by atoms with Gasteiger partial charge in [0.25, 0.3) is 5.69 Å². The summed E-state index contributed by atoms with van der Waals surface area (Å²) in [4.78, 5) is 24.4. The summed E-state index contributed by atoms with van der Waals surface area (Å²) in [5.41, 5.74) is 2.42. The van der Waals surface area contributed by atoms with Crippen molar-refractivity contribution in [1.29, 1.82) is 0 Å². The Morgan fingerprint density at radius 1 is 1.16 bits per heavy atom. The average Bonchev–Trinajstić information content (AvgIpc) is 2.79. The van der Waals surface area contributed by atoms with E-state index >= 15 is 0 Å². The summed E-state index contributed by atoms with van der Waals surface area (Å²) in [6.07, 6.45) is 0.